The van der Waals surface area contributed by atoms with Crippen LogP contribution in [0.5, 0.6) is 5.75 Å². The molecular formula is C16H22N2O. The zero-order valence-corrected chi connectivity index (χ0v) is 11.8. The molecule has 3 nitrogen and oxygen atoms in total. The summed E-state index contributed by atoms with van der Waals surface area (Å²) in [5.41, 5.74) is 0.660. The highest BCUT2D eigenvalue weighted by molar-refractivity contribution is 5.28. The van der Waals surface area contributed by atoms with Gasteiger partial charge in [-0.3, -0.25) is 5.32 Å². The van der Waals surface area contributed by atoms with Crippen LogP contribution in [0.3, 0.4) is 0 Å². The number of nitrogens with zero attached hydrogens (tertiary/aromatic N) is 1. The summed E-state index contributed by atoms with van der Waals surface area (Å²) in [6.45, 7) is 5.45. The molecule has 1 aliphatic carbocycles. The van der Waals surface area contributed by atoms with E-state index in [-0.39, 0.29) is 0 Å². The molecule has 0 spiro atoms. The third kappa shape index (κ3) is 3.48. The van der Waals surface area contributed by atoms with Gasteiger partial charge >= 0.3 is 0 Å². The van der Waals surface area contributed by atoms with Crippen LogP contribution in [0.15, 0.2) is 24.3 Å². The van der Waals surface area contributed by atoms with Gasteiger partial charge in [0.1, 0.15) is 17.9 Å². The fourth-order valence-corrected chi connectivity index (χ4v) is 2.30. The van der Waals surface area contributed by atoms with Crippen LogP contribution in [0.2, 0.25) is 0 Å². The molecule has 19 heavy (non-hydrogen) atoms. The molecule has 0 bridgehead atoms. The molecule has 1 aromatic carbocycles. The molecule has 0 heterocycles. The first-order chi connectivity index (χ1) is 9.20. The molecule has 1 saturated carbocycles. The Morgan fingerprint density at radius 2 is 2.26 bits per heavy atom. The SMILES string of the molecule is CCCNC(C#N)(COc1cccc(C)c1)C1CC1. The van der Waals surface area contributed by atoms with Crippen molar-refractivity contribution in [1.29, 1.82) is 5.26 Å². The number of hydrogen-bond acceptors (Lipinski definition) is 3. The lowest BCUT2D eigenvalue weighted by Gasteiger charge is -2.28. The van der Waals surface area contributed by atoms with Gasteiger partial charge in [0.15, 0.2) is 0 Å². The van der Waals surface area contributed by atoms with Crippen molar-refractivity contribution in [1.82, 2.24) is 5.32 Å². The molecule has 2 rings (SSSR count). The normalized spacial score (nSPS) is 17.5. The lowest BCUT2D eigenvalue weighted by molar-refractivity contribution is 0.202. The minimum Gasteiger partial charge on any atom is -0.491 e. The maximum atomic E-state index is 9.55. The van der Waals surface area contributed by atoms with Crippen molar-refractivity contribution in [2.24, 2.45) is 5.92 Å². The van der Waals surface area contributed by atoms with E-state index in [0.717, 1.165) is 31.6 Å². The predicted molar refractivity (Wildman–Crippen MR) is 76.0 cm³/mol. The van der Waals surface area contributed by atoms with Gasteiger partial charge in [0.25, 0.3) is 0 Å². The second-order valence-electron chi connectivity index (χ2n) is 5.39. The molecule has 1 aliphatic rings. The maximum absolute atomic E-state index is 9.55. The van der Waals surface area contributed by atoms with E-state index >= 15 is 0 Å². The molecule has 1 unspecified atom stereocenters. The highest BCUT2D eigenvalue weighted by Crippen LogP contribution is 2.39. The van der Waals surface area contributed by atoms with Gasteiger partial charge in [-0.05, 0) is 56.3 Å². The van der Waals surface area contributed by atoms with Crippen molar-refractivity contribution in [3.8, 4) is 11.8 Å². The van der Waals surface area contributed by atoms with Crippen LogP contribution < -0.4 is 10.1 Å². The quantitative estimate of drug-likeness (QED) is 0.817. The van der Waals surface area contributed by atoms with E-state index in [0.29, 0.717) is 12.5 Å². The van der Waals surface area contributed by atoms with Crippen molar-refractivity contribution in [3.05, 3.63) is 29.8 Å². The summed E-state index contributed by atoms with van der Waals surface area (Å²) in [4.78, 5) is 0. The van der Waals surface area contributed by atoms with E-state index < -0.39 is 5.54 Å². The molecule has 1 N–H and O–H groups in total. The lowest BCUT2D eigenvalue weighted by atomic mass is 9.96. The van der Waals surface area contributed by atoms with Gasteiger partial charge in [0.2, 0.25) is 0 Å². The van der Waals surface area contributed by atoms with Crippen molar-refractivity contribution in [2.75, 3.05) is 13.2 Å². The van der Waals surface area contributed by atoms with Gasteiger partial charge in [-0.25, -0.2) is 0 Å². The Morgan fingerprint density at radius 3 is 2.84 bits per heavy atom. The number of nitriles is 1. The zero-order valence-electron chi connectivity index (χ0n) is 11.8. The van der Waals surface area contributed by atoms with Crippen LogP contribution in [0, 0.1) is 24.2 Å². The number of rotatable bonds is 7. The van der Waals surface area contributed by atoms with Crippen LogP contribution in [-0.4, -0.2) is 18.7 Å². The second kappa shape index (κ2) is 6.08. The monoisotopic (exact) mass is 258 g/mol. The van der Waals surface area contributed by atoms with Crippen molar-refractivity contribution < 1.29 is 4.74 Å². The average Bonchev–Trinajstić information content (AvgIpc) is 3.25. The van der Waals surface area contributed by atoms with Gasteiger partial charge in [-0.1, -0.05) is 19.1 Å². The second-order valence-corrected chi connectivity index (χ2v) is 5.39. The van der Waals surface area contributed by atoms with Gasteiger partial charge in [-0.2, -0.15) is 5.26 Å². The number of hydrogen-bond donors (Lipinski definition) is 1. The molecule has 0 aliphatic heterocycles. The van der Waals surface area contributed by atoms with Crippen LogP contribution >= 0.6 is 0 Å². The number of ether oxygens (including phenoxy) is 1. The van der Waals surface area contributed by atoms with E-state index in [4.69, 9.17) is 4.74 Å². The molecule has 3 heteroatoms. The Bertz CT molecular complexity index is 462. The Balaban J connectivity index is 2.02. The summed E-state index contributed by atoms with van der Waals surface area (Å²) >= 11 is 0. The largest absolute Gasteiger partial charge is 0.491 e. The zero-order chi connectivity index (χ0) is 13.7. The molecule has 1 fully saturated rings. The highest BCUT2D eigenvalue weighted by atomic mass is 16.5. The molecule has 0 radical (unpaired) electrons. The average molecular weight is 258 g/mol. The van der Waals surface area contributed by atoms with E-state index in [1.807, 2.05) is 31.2 Å². The standard InChI is InChI=1S/C16H22N2O/c1-3-9-18-16(11-17,14-7-8-14)12-19-15-6-4-5-13(2)10-15/h4-6,10,14,18H,3,7-9,12H2,1-2H3. The highest BCUT2D eigenvalue weighted by Gasteiger charge is 2.46. The van der Waals surface area contributed by atoms with Crippen LogP contribution in [0.4, 0.5) is 0 Å². The van der Waals surface area contributed by atoms with Gasteiger partial charge in [0.05, 0.1) is 6.07 Å². The fraction of sp³-hybridized carbons (Fsp3) is 0.562. The summed E-state index contributed by atoms with van der Waals surface area (Å²) in [7, 11) is 0. The first-order valence-electron chi connectivity index (χ1n) is 7.06. The van der Waals surface area contributed by atoms with E-state index in [1.54, 1.807) is 0 Å². The van der Waals surface area contributed by atoms with Gasteiger partial charge < -0.3 is 4.74 Å². The Labute approximate surface area is 115 Å². The molecule has 0 saturated heterocycles. The molecule has 0 amide bonds. The van der Waals surface area contributed by atoms with E-state index in [1.165, 1.54) is 5.56 Å². The summed E-state index contributed by atoms with van der Waals surface area (Å²) < 4.78 is 5.86. The van der Waals surface area contributed by atoms with Crippen LogP contribution in [0.1, 0.15) is 31.7 Å². The topological polar surface area (TPSA) is 45.0 Å². The number of nitrogens with one attached hydrogen (secondary N) is 1. The Kier molecular flexibility index (Phi) is 4.44. The van der Waals surface area contributed by atoms with E-state index in [9.17, 15) is 5.26 Å². The summed E-state index contributed by atoms with van der Waals surface area (Å²) in [5.74, 6) is 1.28. The minimum absolute atomic E-state index is 0.428. The lowest BCUT2D eigenvalue weighted by Crippen LogP contribution is -2.51. The fourth-order valence-electron chi connectivity index (χ4n) is 2.30. The summed E-state index contributed by atoms with van der Waals surface area (Å²) in [6.07, 6.45) is 3.28. The van der Waals surface area contributed by atoms with Crippen molar-refractivity contribution in [3.63, 3.8) is 0 Å². The molecular weight excluding hydrogens is 236 g/mol. The van der Waals surface area contributed by atoms with Gasteiger partial charge in [0, 0.05) is 0 Å². The summed E-state index contributed by atoms with van der Waals surface area (Å²) in [5, 5.41) is 12.9. The van der Waals surface area contributed by atoms with Crippen LogP contribution in [-0.2, 0) is 0 Å². The van der Waals surface area contributed by atoms with Gasteiger partial charge in [-0.15, -0.1) is 0 Å². The van der Waals surface area contributed by atoms with Crippen molar-refractivity contribution in [2.45, 2.75) is 38.6 Å². The first kappa shape index (κ1) is 13.9. The smallest absolute Gasteiger partial charge is 0.143 e. The molecule has 1 atom stereocenters. The summed E-state index contributed by atoms with van der Waals surface area (Å²) in [6, 6.07) is 10.4. The Morgan fingerprint density at radius 1 is 1.47 bits per heavy atom. The number of aryl methyl sites for hydroxylation is 1. The Hall–Kier alpha value is -1.53. The van der Waals surface area contributed by atoms with Crippen LogP contribution in [0.25, 0.3) is 0 Å². The van der Waals surface area contributed by atoms with Crippen molar-refractivity contribution >= 4 is 0 Å². The first-order valence-corrected chi connectivity index (χ1v) is 7.06. The maximum Gasteiger partial charge on any atom is 0.143 e. The third-order valence-electron chi connectivity index (χ3n) is 3.62. The molecule has 0 aromatic heterocycles. The molecule has 102 valence electrons. The van der Waals surface area contributed by atoms with E-state index in [2.05, 4.69) is 18.3 Å². The minimum atomic E-state index is -0.514. The number of benzene rings is 1. The molecule has 1 aromatic rings. The third-order valence-corrected chi connectivity index (χ3v) is 3.62. The predicted octanol–water partition coefficient (Wildman–Crippen LogP) is 3.05.